The first kappa shape index (κ1) is 22.5. The summed E-state index contributed by atoms with van der Waals surface area (Å²) in [4.78, 5) is 42.2. The Balaban J connectivity index is 5.13. The Bertz CT molecular complexity index is 532. The van der Waals surface area contributed by atoms with Crippen molar-refractivity contribution < 1.29 is 29.6 Å². The van der Waals surface area contributed by atoms with Crippen LogP contribution < -0.4 is 0 Å². The lowest BCUT2D eigenvalue weighted by Gasteiger charge is -2.23. The number of nitrogens with zero attached hydrogens (tertiary/aromatic N) is 2. The molecule has 0 fully saturated rings. The fourth-order valence-corrected chi connectivity index (χ4v) is 2.71. The zero-order chi connectivity index (χ0) is 19.6. The second-order valence-electron chi connectivity index (χ2n) is 5.89. The first-order valence-corrected chi connectivity index (χ1v) is 8.02. The summed E-state index contributed by atoms with van der Waals surface area (Å²) in [7, 11) is 0. The van der Waals surface area contributed by atoms with Gasteiger partial charge in [0, 0.05) is 10.8 Å². The lowest BCUT2D eigenvalue weighted by molar-refractivity contribution is -0.532. The number of hydrogen-bond donors (Lipinski definition) is 2. The highest BCUT2D eigenvalue weighted by Crippen LogP contribution is 2.28. The van der Waals surface area contributed by atoms with E-state index in [9.17, 15) is 29.8 Å². The molecule has 0 aliphatic heterocycles. The maximum absolute atomic E-state index is 11.2. The van der Waals surface area contributed by atoms with E-state index in [1.165, 1.54) is 6.08 Å². The Morgan fingerprint density at radius 3 is 2.04 bits per heavy atom. The van der Waals surface area contributed by atoms with Gasteiger partial charge in [0.1, 0.15) is 12.8 Å². The average Bonchev–Trinajstić information content (AvgIpc) is 2.51. The quantitative estimate of drug-likeness (QED) is 0.374. The highest BCUT2D eigenvalue weighted by molar-refractivity contribution is 5.69. The van der Waals surface area contributed by atoms with Crippen LogP contribution in [0.3, 0.4) is 0 Å². The third-order valence-corrected chi connectivity index (χ3v) is 4.19. The molecule has 142 valence electrons. The molecule has 0 bridgehead atoms. The molecule has 0 aliphatic carbocycles. The smallest absolute Gasteiger partial charge is 0.314 e. The van der Waals surface area contributed by atoms with Crippen LogP contribution in [0.15, 0.2) is 11.8 Å². The summed E-state index contributed by atoms with van der Waals surface area (Å²) in [5.74, 6) is -3.16. The van der Waals surface area contributed by atoms with Gasteiger partial charge in [0.2, 0.25) is 6.04 Å². The number of allylic oxidation sites excluding steroid dienone is 1. The Morgan fingerprint density at radius 2 is 1.68 bits per heavy atom. The molecular formula is C15H24N2O8. The fourth-order valence-electron chi connectivity index (χ4n) is 2.71. The van der Waals surface area contributed by atoms with Gasteiger partial charge in [-0.05, 0) is 31.3 Å². The molecular weight excluding hydrogens is 336 g/mol. The van der Waals surface area contributed by atoms with Crippen LogP contribution in [0.25, 0.3) is 0 Å². The molecule has 3 atom stereocenters. The average molecular weight is 360 g/mol. The van der Waals surface area contributed by atoms with Crippen LogP contribution in [0.1, 0.15) is 52.4 Å². The monoisotopic (exact) mass is 360 g/mol. The first-order valence-electron chi connectivity index (χ1n) is 8.02. The van der Waals surface area contributed by atoms with Gasteiger partial charge < -0.3 is 10.2 Å². The summed E-state index contributed by atoms with van der Waals surface area (Å²) in [6, 6.07) is -1.21. The number of carbonyl (C=O) groups is 2. The maximum Gasteiger partial charge on any atom is 0.314 e. The van der Waals surface area contributed by atoms with Crippen LogP contribution in [-0.4, -0.2) is 38.0 Å². The molecule has 0 amide bonds. The van der Waals surface area contributed by atoms with E-state index >= 15 is 0 Å². The highest BCUT2D eigenvalue weighted by atomic mass is 16.6. The second-order valence-corrected chi connectivity index (χ2v) is 5.89. The van der Waals surface area contributed by atoms with Crippen molar-refractivity contribution in [3.63, 3.8) is 0 Å². The van der Waals surface area contributed by atoms with Crippen LogP contribution >= 0.6 is 0 Å². The number of nitro groups is 2. The van der Waals surface area contributed by atoms with Gasteiger partial charge in [0.05, 0.1) is 4.92 Å². The number of carboxylic acid groups (broad SMARTS) is 2. The molecule has 3 unspecified atom stereocenters. The van der Waals surface area contributed by atoms with Gasteiger partial charge in [-0.2, -0.15) is 0 Å². The predicted octanol–water partition coefficient (Wildman–Crippen LogP) is 2.57. The number of hydrogen-bond acceptors (Lipinski definition) is 6. The molecule has 2 N–H and O–H groups in total. The molecule has 0 radical (unpaired) electrons. The molecule has 0 saturated carbocycles. The molecule has 25 heavy (non-hydrogen) atoms. The van der Waals surface area contributed by atoms with E-state index < -0.39 is 52.3 Å². The molecule has 0 rings (SSSR count). The van der Waals surface area contributed by atoms with Crippen LogP contribution in [0.4, 0.5) is 0 Å². The molecule has 0 aromatic heterocycles. The molecule has 0 aliphatic rings. The van der Waals surface area contributed by atoms with Crippen molar-refractivity contribution in [3.05, 3.63) is 32.0 Å². The van der Waals surface area contributed by atoms with Gasteiger partial charge in [-0.1, -0.05) is 20.3 Å². The van der Waals surface area contributed by atoms with Gasteiger partial charge in [0.25, 0.3) is 5.70 Å². The van der Waals surface area contributed by atoms with E-state index in [0.29, 0.717) is 19.3 Å². The predicted molar refractivity (Wildman–Crippen MR) is 87.2 cm³/mol. The molecule has 0 spiro atoms. The number of carboxylic acids is 2. The minimum atomic E-state index is -1.31. The third-order valence-electron chi connectivity index (χ3n) is 4.19. The normalized spacial score (nSPS) is 15.2. The molecule has 10 heteroatoms. The summed E-state index contributed by atoms with van der Waals surface area (Å²) in [6.07, 6.45) is 1.54. The van der Waals surface area contributed by atoms with E-state index in [1.54, 1.807) is 6.92 Å². The molecule has 10 nitrogen and oxygen atoms in total. The summed E-state index contributed by atoms with van der Waals surface area (Å²) >= 11 is 0. The Morgan fingerprint density at radius 1 is 1.08 bits per heavy atom. The first-order chi connectivity index (χ1) is 11.6. The molecule has 0 aromatic carbocycles. The van der Waals surface area contributed by atoms with Gasteiger partial charge in [-0.15, -0.1) is 0 Å². The van der Waals surface area contributed by atoms with Crippen molar-refractivity contribution >= 4 is 11.9 Å². The summed E-state index contributed by atoms with van der Waals surface area (Å²) < 4.78 is 0. The standard InChI is InChI=1S/C15H24N2O8/c1-3-10(5-6-12(16(22)23)8-14(18)19)7-11(4-2)13(17(24)25)9-15(20)21/h6,10-11,13H,3-5,7-9H2,1-2H3,(H,18,19)(H,20,21)/b12-6-. The van der Waals surface area contributed by atoms with Crippen molar-refractivity contribution in [1.82, 2.24) is 0 Å². The van der Waals surface area contributed by atoms with Crippen molar-refractivity contribution in [2.24, 2.45) is 11.8 Å². The van der Waals surface area contributed by atoms with Crippen LogP contribution in [-0.2, 0) is 9.59 Å². The summed E-state index contributed by atoms with van der Waals surface area (Å²) in [5.41, 5.74) is -0.421. The topological polar surface area (TPSA) is 161 Å². The molecule has 0 aromatic rings. The number of rotatable bonds is 13. The van der Waals surface area contributed by atoms with Crippen molar-refractivity contribution in [2.45, 2.75) is 58.4 Å². The zero-order valence-electron chi connectivity index (χ0n) is 14.3. The zero-order valence-corrected chi connectivity index (χ0v) is 14.3. The lowest BCUT2D eigenvalue weighted by Crippen LogP contribution is -2.32. The van der Waals surface area contributed by atoms with E-state index in [1.807, 2.05) is 6.92 Å². The third kappa shape index (κ3) is 8.77. The SMILES string of the molecule is CCC(C/C=C(/CC(=O)O)[N+](=O)[O-])CC(CC)C(CC(=O)O)[N+](=O)[O-]. The van der Waals surface area contributed by atoms with E-state index in [-0.39, 0.29) is 12.3 Å². The second kappa shape index (κ2) is 11.1. The summed E-state index contributed by atoms with van der Waals surface area (Å²) in [6.45, 7) is 3.56. The van der Waals surface area contributed by atoms with Crippen molar-refractivity contribution in [3.8, 4) is 0 Å². The van der Waals surface area contributed by atoms with E-state index in [0.717, 1.165) is 0 Å². The van der Waals surface area contributed by atoms with Crippen molar-refractivity contribution in [2.75, 3.05) is 0 Å². The molecule has 0 saturated heterocycles. The van der Waals surface area contributed by atoms with Crippen LogP contribution in [0.5, 0.6) is 0 Å². The van der Waals surface area contributed by atoms with Crippen LogP contribution in [0.2, 0.25) is 0 Å². The molecule has 0 heterocycles. The van der Waals surface area contributed by atoms with E-state index in [2.05, 4.69) is 0 Å². The summed E-state index contributed by atoms with van der Waals surface area (Å²) in [5, 5.41) is 39.5. The lowest BCUT2D eigenvalue weighted by atomic mass is 9.83. The van der Waals surface area contributed by atoms with Gasteiger partial charge >= 0.3 is 11.9 Å². The Hall–Kier alpha value is -2.52. The van der Waals surface area contributed by atoms with Crippen molar-refractivity contribution in [1.29, 1.82) is 0 Å². The Labute approximate surface area is 144 Å². The fraction of sp³-hybridized carbons (Fsp3) is 0.733. The minimum absolute atomic E-state index is 0.134. The van der Waals surface area contributed by atoms with Gasteiger partial charge in [-0.3, -0.25) is 29.8 Å². The minimum Gasteiger partial charge on any atom is -0.481 e. The largest absolute Gasteiger partial charge is 0.481 e. The van der Waals surface area contributed by atoms with E-state index in [4.69, 9.17) is 10.2 Å². The van der Waals surface area contributed by atoms with Gasteiger partial charge in [0.15, 0.2) is 0 Å². The highest BCUT2D eigenvalue weighted by Gasteiger charge is 2.34. The number of aliphatic carboxylic acids is 2. The van der Waals surface area contributed by atoms with Gasteiger partial charge in [-0.25, -0.2) is 0 Å². The Kier molecular flexibility index (Phi) is 9.99. The maximum atomic E-state index is 11.2. The van der Waals surface area contributed by atoms with Crippen LogP contribution in [0, 0.1) is 32.1 Å².